The number of nitro groups is 1. The standard InChI is InChI=1S/C19H19N3O3S/c1-14-4-2-5-17(12-14)21(19-20-10-3-11-26-19)13-18(23)15-6-8-16(9-7-15)22(24)25/h2,4-9,12H,3,10-11,13H2,1H3. The Morgan fingerprint density at radius 2 is 2.04 bits per heavy atom. The Bertz CT molecular complexity index is 849. The topological polar surface area (TPSA) is 75.8 Å². The molecule has 0 unspecified atom stereocenters. The number of thioether (sulfide) groups is 1. The third-order valence-corrected chi connectivity index (χ3v) is 5.13. The maximum absolute atomic E-state index is 12.8. The lowest BCUT2D eigenvalue weighted by Crippen LogP contribution is -2.35. The molecule has 2 aromatic carbocycles. The molecule has 0 fully saturated rings. The molecule has 0 saturated carbocycles. The summed E-state index contributed by atoms with van der Waals surface area (Å²) in [5.74, 6) is 0.877. The van der Waals surface area contributed by atoms with Gasteiger partial charge in [-0.1, -0.05) is 23.9 Å². The van der Waals surface area contributed by atoms with Crippen LogP contribution in [0.4, 0.5) is 11.4 Å². The minimum Gasteiger partial charge on any atom is -0.313 e. The van der Waals surface area contributed by atoms with Crippen molar-refractivity contribution in [2.45, 2.75) is 13.3 Å². The van der Waals surface area contributed by atoms with Crippen LogP contribution in [0.3, 0.4) is 0 Å². The molecule has 134 valence electrons. The van der Waals surface area contributed by atoms with Crippen LogP contribution in [0.15, 0.2) is 53.5 Å². The van der Waals surface area contributed by atoms with Gasteiger partial charge in [0.2, 0.25) is 0 Å². The normalized spacial score (nSPS) is 13.8. The molecule has 7 heteroatoms. The maximum Gasteiger partial charge on any atom is 0.269 e. The maximum atomic E-state index is 12.8. The lowest BCUT2D eigenvalue weighted by atomic mass is 10.1. The molecule has 1 aliphatic rings. The number of Topliss-reactive ketones (excluding diaryl/α,β-unsaturated/α-hetero) is 1. The number of hydrogen-bond donors (Lipinski definition) is 0. The number of benzene rings is 2. The predicted molar refractivity (Wildman–Crippen MR) is 105 cm³/mol. The highest BCUT2D eigenvalue weighted by Crippen LogP contribution is 2.24. The molecule has 0 bridgehead atoms. The first-order valence-electron chi connectivity index (χ1n) is 8.34. The van der Waals surface area contributed by atoms with E-state index < -0.39 is 4.92 Å². The number of aryl methyl sites for hydroxylation is 1. The molecular formula is C19H19N3O3S. The van der Waals surface area contributed by atoms with E-state index in [-0.39, 0.29) is 18.0 Å². The molecule has 1 aliphatic heterocycles. The summed E-state index contributed by atoms with van der Waals surface area (Å²) in [6.07, 6.45) is 1.03. The molecule has 0 aromatic heterocycles. The quantitative estimate of drug-likeness (QED) is 0.451. The van der Waals surface area contributed by atoms with Gasteiger partial charge in [0.15, 0.2) is 11.0 Å². The molecule has 0 radical (unpaired) electrons. The zero-order valence-corrected chi connectivity index (χ0v) is 15.2. The van der Waals surface area contributed by atoms with E-state index in [2.05, 4.69) is 4.99 Å². The van der Waals surface area contributed by atoms with E-state index in [1.54, 1.807) is 11.8 Å². The fraction of sp³-hybridized carbons (Fsp3) is 0.263. The summed E-state index contributed by atoms with van der Waals surface area (Å²) in [5.41, 5.74) is 2.46. The van der Waals surface area contributed by atoms with Gasteiger partial charge in [0.05, 0.1) is 11.5 Å². The van der Waals surface area contributed by atoms with E-state index in [1.165, 1.54) is 24.3 Å². The van der Waals surface area contributed by atoms with Crippen LogP contribution in [0.5, 0.6) is 0 Å². The fourth-order valence-electron chi connectivity index (χ4n) is 2.68. The molecular weight excluding hydrogens is 350 g/mol. The van der Waals surface area contributed by atoms with Crippen LogP contribution in [-0.2, 0) is 0 Å². The number of non-ortho nitro benzene ring substituents is 1. The van der Waals surface area contributed by atoms with Crippen molar-refractivity contribution in [3.63, 3.8) is 0 Å². The highest BCUT2D eigenvalue weighted by molar-refractivity contribution is 8.14. The van der Waals surface area contributed by atoms with Gasteiger partial charge in [-0.15, -0.1) is 0 Å². The van der Waals surface area contributed by atoms with Crippen LogP contribution in [0, 0.1) is 17.0 Å². The monoisotopic (exact) mass is 369 g/mol. The van der Waals surface area contributed by atoms with Crippen LogP contribution < -0.4 is 4.90 Å². The van der Waals surface area contributed by atoms with Crippen molar-refractivity contribution in [3.05, 3.63) is 69.8 Å². The molecule has 0 N–H and O–H groups in total. The van der Waals surface area contributed by atoms with Crippen molar-refractivity contribution < 1.29 is 9.72 Å². The van der Waals surface area contributed by atoms with E-state index in [1.807, 2.05) is 36.1 Å². The second-order valence-corrected chi connectivity index (χ2v) is 7.08. The summed E-state index contributed by atoms with van der Waals surface area (Å²) in [6, 6.07) is 13.7. The number of nitrogens with zero attached hydrogens (tertiary/aromatic N) is 3. The first-order valence-corrected chi connectivity index (χ1v) is 9.32. The van der Waals surface area contributed by atoms with E-state index in [9.17, 15) is 14.9 Å². The zero-order valence-electron chi connectivity index (χ0n) is 14.4. The number of carbonyl (C=O) groups is 1. The molecule has 2 aromatic rings. The molecule has 3 rings (SSSR count). The van der Waals surface area contributed by atoms with Crippen molar-refractivity contribution in [2.24, 2.45) is 4.99 Å². The van der Waals surface area contributed by atoms with Crippen LogP contribution in [0.1, 0.15) is 22.3 Å². The van der Waals surface area contributed by atoms with Gasteiger partial charge < -0.3 is 4.90 Å². The minimum atomic E-state index is -0.472. The SMILES string of the molecule is Cc1cccc(N(CC(=O)c2ccc([N+](=O)[O-])cc2)C2=NCCCS2)c1. The number of hydrogen-bond acceptors (Lipinski definition) is 6. The molecule has 1 heterocycles. The van der Waals surface area contributed by atoms with Crippen molar-refractivity contribution in [3.8, 4) is 0 Å². The van der Waals surface area contributed by atoms with Gasteiger partial charge >= 0.3 is 0 Å². The molecule has 0 saturated heterocycles. The Morgan fingerprint density at radius 3 is 2.65 bits per heavy atom. The Labute approximate surface area is 156 Å². The van der Waals surface area contributed by atoms with Crippen molar-refractivity contribution in [1.29, 1.82) is 0 Å². The summed E-state index contributed by atoms with van der Waals surface area (Å²) in [5, 5.41) is 11.6. The number of rotatable bonds is 5. The number of nitro benzene ring substituents is 1. The third kappa shape index (κ3) is 4.29. The Morgan fingerprint density at radius 1 is 1.27 bits per heavy atom. The van der Waals surface area contributed by atoms with Crippen molar-refractivity contribution >= 4 is 34.1 Å². The number of carbonyl (C=O) groups excluding carboxylic acids is 1. The van der Waals surface area contributed by atoms with Crippen molar-refractivity contribution in [1.82, 2.24) is 0 Å². The lowest BCUT2D eigenvalue weighted by molar-refractivity contribution is -0.384. The summed E-state index contributed by atoms with van der Waals surface area (Å²) >= 11 is 1.65. The molecule has 0 amide bonds. The first kappa shape index (κ1) is 18.1. The number of aliphatic imine (C=N–C) groups is 1. The van der Waals surface area contributed by atoms with Gasteiger partial charge in [-0.2, -0.15) is 0 Å². The summed E-state index contributed by atoms with van der Waals surface area (Å²) in [6.45, 7) is 2.92. The van der Waals surface area contributed by atoms with Gasteiger partial charge in [-0.05, 0) is 43.2 Å². The Kier molecular flexibility index (Phi) is 5.68. The predicted octanol–water partition coefficient (Wildman–Crippen LogP) is 4.09. The average molecular weight is 369 g/mol. The molecule has 6 nitrogen and oxygen atoms in total. The summed E-state index contributed by atoms with van der Waals surface area (Å²) in [4.78, 5) is 29.6. The second-order valence-electron chi connectivity index (χ2n) is 6.02. The minimum absolute atomic E-state index is 0.0238. The lowest BCUT2D eigenvalue weighted by Gasteiger charge is -2.27. The first-order chi connectivity index (χ1) is 12.5. The van der Waals surface area contributed by atoms with Gasteiger partial charge in [0, 0.05) is 35.7 Å². The molecule has 0 spiro atoms. The van der Waals surface area contributed by atoms with Crippen LogP contribution in [-0.4, -0.2) is 34.7 Å². The fourth-order valence-corrected chi connectivity index (χ4v) is 3.65. The zero-order chi connectivity index (χ0) is 18.5. The number of ketones is 1. The Hall–Kier alpha value is -2.67. The van der Waals surface area contributed by atoms with Crippen LogP contribution in [0.25, 0.3) is 0 Å². The highest BCUT2D eigenvalue weighted by atomic mass is 32.2. The van der Waals surface area contributed by atoms with Gasteiger partial charge in [-0.25, -0.2) is 0 Å². The number of amidine groups is 1. The van der Waals surface area contributed by atoms with E-state index in [0.29, 0.717) is 5.56 Å². The molecule has 26 heavy (non-hydrogen) atoms. The van der Waals surface area contributed by atoms with Crippen LogP contribution in [0.2, 0.25) is 0 Å². The van der Waals surface area contributed by atoms with E-state index in [4.69, 9.17) is 0 Å². The number of anilines is 1. The van der Waals surface area contributed by atoms with Crippen LogP contribution >= 0.6 is 11.8 Å². The van der Waals surface area contributed by atoms with Gasteiger partial charge in [0.1, 0.15) is 0 Å². The smallest absolute Gasteiger partial charge is 0.269 e. The van der Waals surface area contributed by atoms with E-state index in [0.717, 1.165) is 35.1 Å². The van der Waals surface area contributed by atoms with Gasteiger partial charge in [0.25, 0.3) is 5.69 Å². The third-order valence-electron chi connectivity index (χ3n) is 4.03. The molecule has 0 atom stereocenters. The average Bonchev–Trinajstić information content (AvgIpc) is 2.66. The van der Waals surface area contributed by atoms with Crippen molar-refractivity contribution in [2.75, 3.05) is 23.7 Å². The van der Waals surface area contributed by atoms with E-state index >= 15 is 0 Å². The Balaban J connectivity index is 1.86. The summed E-state index contributed by atoms with van der Waals surface area (Å²) < 4.78 is 0. The van der Waals surface area contributed by atoms with Gasteiger partial charge in [-0.3, -0.25) is 19.9 Å². The molecule has 0 aliphatic carbocycles. The second kappa shape index (κ2) is 8.14. The highest BCUT2D eigenvalue weighted by Gasteiger charge is 2.21. The largest absolute Gasteiger partial charge is 0.313 e. The summed E-state index contributed by atoms with van der Waals surface area (Å²) in [7, 11) is 0.